The molecule has 0 fully saturated rings. The maximum Gasteiger partial charge on any atom is 0.317 e. The second-order valence-corrected chi connectivity index (χ2v) is 4.03. The number of hydrogen-bond donors (Lipinski definition) is 1. The number of carboxylic acid groups (broad SMARTS) is 1. The number of nitrogens with zero attached hydrogens (tertiary/aromatic N) is 1. The van der Waals surface area contributed by atoms with Crippen LogP contribution >= 0.6 is 11.6 Å². The average molecular weight is 260 g/mol. The van der Waals surface area contributed by atoms with Gasteiger partial charge in [0.2, 0.25) is 0 Å². The molecule has 0 aromatic heterocycles. The molecule has 0 amide bonds. The summed E-state index contributed by atoms with van der Waals surface area (Å²) < 4.78 is 12.9. The lowest BCUT2D eigenvalue weighted by Crippen LogP contribution is -2.31. The summed E-state index contributed by atoms with van der Waals surface area (Å²) in [6, 6.07) is 3.65. The van der Waals surface area contributed by atoms with Gasteiger partial charge in [0.05, 0.1) is 18.1 Å². The molecule has 0 bridgehead atoms. The van der Waals surface area contributed by atoms with Crippen LogP contribution in [0.15, 0.2) is 18.2 Å². The number of halogens is 2. The van der Waals surface area contributed by atoms with Crippen molar-refractivity contribution < 1.29 is 19.1 Å². The van der Waals surface area contributed by atoms with Crippen molar-refractivity contribution in [2.75, 3.05) is 20.1 Å². The predicted octanol–water partition coefficient (Wildman–Crippen LogP) is 1.68. The molecule has 92 valence electrons. The first-order chi connectivity index (χ1) is 7.90. The van der Waals surface area contributed by atoms with Crippen molar-refractivity contribution in [3.8, 4) is 0 Å². The van der Waals surface area contributed by atoms with Crippen LogP contribution in [-0.2, 0) is 4.79 Å². The van der Waals surface area contributed by atoms with Crippen molar-refractivity contribution in [1.82, 2.24) is 4.90 Å². The zero-order valence-electron chi connectivity index (χ0n) is 9.11. The average Bonchev–Trinajstić information content (AvgIpc) is 2.20. The molecule has 0 saturated carbocycles. The van der Waals surface area contributed by atoms with Gasteiger partial charge in [-0.25, -0.2) is 4.39 Å². The van der Waals surface area contributed by atoms with Crippen LogP contribution in [0.5, 0.6) is 0 Å². The van der Waals surface area contributed by atoms with E-state index in [1.807, 2.05) is 0 Å². The van der Waals surface area contributed by atoms with Crippen LogP contribution in [0.4, 0.5) is 4.39 Å². The fourth-order valence-electron chi connectivity index (χ4n) is 1.29. The van der Waals surface area contributed by atoms with E-state index in [-0.39, 0.29) is 29.5 Å². The van der Waals surface area contributed by atoms with Crippen LogP contribution in [0, 0.1) is 5.82 Å². The molecule has 0 heterocycles. The van der Waals surface area contributed by atoms with Crippen LogP contribution in [0.1, 0.15) is 10.4 Å². The van der Waals surface area contributed by atoms with Crippen LogP contribution in [-0.4, -0.2) is 41.9 Å². The zero-order chi connectivity index (χ0) is 13.0. The first-order valence-corrected chi connectivity index (χ1v) is 5.16. The van der Waals surface area contributed by atoms with Gasteiger partial charge in [0.1, 0.15) is 5.82 Å². The van der Waals surface area contributed by atoms with E-state index in [1.54, 1.807) is 0 Å². The van der Waals surface area contributed by atoms with Gasteiger partial charge in [-0.2, -0.15) is 0 Å². The molecule has 0 aliphatic carbocycles. The Morgan fingerprint density at radius 3 is 2.59 bits per heavy atom. The van der Waals surface area contributed by atoms with E-state index in [4.69, 9.17) is 16.7 Å². The van der Waals surface area contributed by atoms with Gasteiger partial charge in [-0.15, -0.1) is 0 Å². The first-order valence-electron chi connectivity index (χ1n) is 4.78. The number of carbonyl (C=O) groups excluding carboxylic acids is 1. The molecule has 0 aliphatic heterocycles. The van der Waals surface area contributed by atoms with Crippen molar-refractivity contribution in [3.05, 3.63) is 34.6 Å². The van der Waals surface area contributed by atoms with Crippen molar-refractivity contribution in [2.45, 2.75) is 0 Å². The van der Waals surface area contributed by atoms with Crippen LogP contribution in [0.25, 0.3) is 0 Å². The third-order valence-corrected chi connectivity index (χ3v) is 2.35. The zero-order valence-corrected chi connectivity index (χ0v) is 9.87. The number of ketones is 1. The number of carboxylic acids is 1. The summed E-state index contributed by atoms with van der Waals surface area (Å²) in [6.45, 7) is -0.297. The molecular weight excluding hydrogens is 249 g/mol. The highest BCUT2D eigenvalue weighted by Gasteiger charge is 2.13. The molecule has 0 unspecified atom stereocenters. The largest absolute Gasteiger partial charge is 0.480 e. The Morgan fingerprint density at radius 1 is 1.41 bits per heavy atom. The summed E-state index contributed by atoms with van der Waals surface area (Å²) in [5.41, 5.74) is 0.258. The minimum atomic E-state index is -1.02. The van der Waals surface area contributed by atoms with Gasteiger partial charge < -0.3 is 5.11 Å². The molecule has 0 atom stereocenters. The standard InChI is InChI=1S/C11H11ClFNO3/c1-14(6-11(16)17)5-10(15)7-2-3-9(13)8(12)4-7/h2-4H,5-6H2,1H3,(H,16,17). The SMILES string of the molecule is CN(CC(=O)O)CC(=O)c1ccc(F)c(Cl)c1. The van der Waals surface area contributed by atoms with E-state index >= 15 is 0 Å². The third kappa shape index (κ3) is 4.13. The van der Waals surface area contributed by atoms with Gasteiger partial charge in [0, 0.05) is 5.56 Å². The lowest BCUT2D eigenvalue weighted by molar-refractivity contribution is -0.137. The number of carbonyl (C=O) groups is 2. The Hall–Kier alpha value is -1.46. The fourth-order valence-corrected chi connectivity index (χ4v) is 1.47. The molecule has 1 N–H and O–H groups in total. The Kier molecular flexibility index (Phi) is 4.60. The van der Waals surface area contributed by atoms with Crippen molar-refractivity contribution >= 4 is 23.4 Å². The van der Waals surface area contributed by atoms with Gasteiger partial charge in [-0.1, -0.05) is 11.6 Å². The minimum Gasteiger partial charge on any atom is -0.480 e. The normalized spacial score (nSPS) is 10.6. The topological polar surface area (TPSA) is 57.6 Å². The quantitative estimate of drug-likeness (QED) is 0.818. The highest BCUT2D eigenvalue weighted by Crippen LogP contribution is 2.16. The Balaban J connectivity index is 2.70. The van der Waals surface area contributed by atoms with E-state index in [0.717, 1.165) is 6.07 Å². The van der Waals surface area contributed by atoms with E-state index in [0.29, 0.717) is 0 Å². The fraction of sp³-hybridized carbons (Fsp3) is 0.273. The molecule has 4 nitrogen and oxygen atoms in total. The smallest absolute Gasteiger partial charge is 0.317 e. The molecule has 0 aliphatic rings. The summed E-state index contributed by atoms with van der Waals surface area (Å²) in [4.78, 5) is 23.4. The van der Waals surface area contributed by atoms with Crippen molar-refractivity contribution in [1.29, 1.82) is 0 Å². The lowest BCUT2D eigenvalue weighted by atomic mass is 10.1. The highest BCUT2D eigenvalue weighted by atomic mass is 35.5. The number of rotatable bonds is 5. The number of aliphatic carboxylic acids is 1. The molecule has 0 radical (unpaired) electrons. The van der Waals surface area contributed by atoms with Crippen LogP contribution < -0.4 is 0 Å². The monoisotopic (exact) mass is 259 g/mol. The molecular formula is C11H11ClFNO3. The number of Topliss-reactive ketones (excluding diaryl/α,β-unsaturated/α-hetero) is 1. The van der Waals surface area contributed by atoms with Crippen molar-refractivity contribution in [3.63, 3.8) is 0 Å². The number of hydrogen-bond acceptors (Lipinski definition) is 3. The summed E-state index contributed by atoms with van der Waals surface area (Å²) in [5, 5.41) is 8.40. The van der Waals surface area contributed by atoms with Gasteiger partial charge in [0.15, 0.2) is 5.78 Å². The van der Waals surface area contributed by atoms with Crippen LogP contribution in [0.2, 0.25) is 5.02 Å². The van der Waals surface area contributed by atoms with E-state index in [2.05, 4.69) is 0 Å². The van der Waals surface area contributed by atoms with Crippen molar-refractivity contribution in [2.24, 2.45) is 0 Å². The maximum absolute atomic E-state index is 12.9. The second kappa shape index (κ2) is 5.75. The van der Waals surface area contributed by atoms with Gasteiger partial charge >= 0.3 is 5.97 Å². The van der Waals surface area contributed by atoms with E-state index in [1.165, 1.54) is 24.1 Å². The molecule has 0 saturated heterocycles. The Morgan fingerprint density at radius 2 is 2.06 bits per heavy atom. The lowest BCUT2D eigenvalue weighted by Gasteiger charge is -2.12. The first kappa shape index (κ1) is 13.6. The third-order valence-electron chi connectivity index (χ3n) is 2.06. The molecule has 6 heteroatoms. The molecule has 1 rings (SSSR count). The molecule has 0 spiro atoms. The van der Waals surface area contributed by atoms with E-state index in [9.17, 15) is 14.0 Å². The molecule has 1 aromatic rings. The van der Waals surface area contributed by atoms with Gasteiger partial charge in [-0.3, -0.25) is 14.5 Å². The Labute approximate surface area is 103 Å². The minimum absolute atomic E-state index is 0.0612. The summed E-state index contributed by atoms with van der Waals surface area (Å²) in [6.07, 6.45) is 0. The summed E-state index contributed by atoms with van der Waals surface area (Å²) in [5.74, 6) is -1.92. The molecule has 1 aromatic carbocycles. The Bertz CT molecular complexity index is 450. The van der Waals surface area contributed by atoms with Gasteiger partial charge in [-0.05, 0) is 25.2 Å². The number of benzene rings is 1. The predicted molar refractivity (Wildman–Crippen MR) is 60.9 cm³/mol. The second-order valence-electron chi connectivity index (χ2n) is 3.62. The van der Waals surface area contributed by atoms with Gasteiger partial charge in [0.25, 0.3) is 0 Å². The highest BCUT2D eigenvalue weighted by molar-refractivity contribution is 6.31. The number of likely N-dealkylation sites (N-methyl/N-ethyl adjacent to an activating group) is 1. The summed E-state index contributed by atoms with van der Waals surface area (Å²) >= 11 is 5.54. The van der Waals surface area contributed by atoms with E-state index < -0.39 is 11.8 Å². The molecule has 17 heavy (non-hydrogen) atoms. The van der Waals surface area contributed by atoms with Crippen LogP contribution in [0.3, 0.4) is 0 Å². The summed E-state index contributed by atoms with van der Waals surface area (Å²) in [7, 11) is 1.51. The maximum atomic E-state index is 12.9.